The van der Waals surface area contributed by atoms with Gasteiger partial charge in [-0.25, -0.2) is 14.1 Å². The number of alkyl halides is 3. The molecule has 35 heavy (non-hydrogen) atoms. The van der Waals surface area contributed by atoms with E-state index in [9.17, 15) is 22.4 Å². The van der Waals surface area contributed by atoms with E-state index in [1.807, 2.05) is 0 Å². The highest BCUT2D eigenvalue weighted by atomic mass is 19.4. The van der Waals surface area contributed by atoms with Crippen LogP contribution in [-0.2, 0) is 6.18 Å². The standard InChI is InChI=1S/C22H14F4N8O/c1-12-7-13(8-28-20(12)34-29-5-6-30-34)32-21(35)16-10-31-33(19(16)22(24,25)26)18-11-27-9-15-14(18)3-2-4-17(15)23/h2-11H,1H3,(H,32,35). The highest BCUT2D eigenvalue weighted by molar-refractivity contribution is 6.05. The van der Waals surface area contributed by atoms with E-state index >= 15 is 0 Å². The van der Waals surface area contributed by atoms with Crippen molar-refractivity contribution >= 4 is 22.4 Å². The number of nitrogens with one attached hydrogen (secondary N) is 1. The minimum atomic E-state index is -4.96. The smallest absolute Gasteiger partial charge is 0.320 e. The maximum absolute atomic E-state index is 14.2. The van der Waals surface area contributed by atoms with Crippen molar-refractivity contribution in [1.29, 1.82) is 0 Å². The molecule has 5 aromatic rings. The van der Waals surface area contributed by atoms with Crippen LogP contribution in [0.15, 0.2) is 61.4 Å². The first-order valence-corrected chi connectivity index (χ1v) is 10.1. The van der Waals surface area contributed by atoms with Crippen LogP contribution < -0.4 is 5.32 Å². The van der Waals surface area contributed by atoms with Crippen molar-refractivity contribution in [2.24, 2.45) is 0 Å². The molecule has 0 spiro atoms. The highest BCUT2D eigenvalue weighted by Gasteiger charge is 2.41. The van der Waals surface area contributed by atoms with E-state index in [1.165, 1.54) is 53.8 Å². The summed E-state index contributed by atoms with van der Waals surface area (Å²) in [5.74, 6) is -1.30. The topological polar surface area (TPSA) is 103 Å². The van der Waals surface area contributed by atoms with E-state index < -0.39 is 29.2 Å². The number of rotatable bonds is 4. The molecule has 1 amide bonds. The van der Waals surface area contributed by atoms with Crippen LogP contribution in [0.1, 0.15) is 21.6 Å². The molecule has 1 aromatic carbocycles. The van der Waals surface area contributed by atoms with Gasteiger partial charge in [-0.2, -0.15) is 28.5 Å². The Morgan fingerprint density at radius 1 is 1.00 bits per heavy atom. The van der Waals surface area contributed by atoms with Gasteiger partial charge in [0.05, 0.1) is 47.9 Å². The first-order chi connectivity index (χ1) is 16.7. The van der Waals surface area contributed by atoms with Gasteiger partial charge in [0.2, 0.25) is 0 Å². The van der Waals surface area contributed by atoms with Gasteiger partial charge in [0.15, 0.2) is 11.5 Å². The number of fused-ring (bicyclic) bond motifs is 1. The summed E-state index contributed by atoms with van der Waals surface area (Å²) in [6, 6.07) is 5.51. The van der Waals surface area contributed by atoms with Gasteiger partial charge in [0.25, 0.3) is 5.91 Å². The normalized spacial score (nSPS) is 11.7. The third-order valence-corrected chi connectivity index (χ3v) is 5.16. The van der Waals surface area contributed by atoms with E-state index in [4.69, 9.17) is 0 Å². The summed E-state index contributed by atoms with van der Waals surface area (Å²) in [4.78, 5) is 22.2. The van der Waals surface area contributed by atoms with Crippen molar-refractivity contribution < 1.29 is 22.4 Å². The number of anilines is 1. The number of carbonyl (C=O) groups is 1. The molecule has 4 aromatic heterocycles. The van der Waals surface area contributed by atoms with Crippen molar-refractivity contribution in [3.05, 3.63) is 84.1 Å². The van der Waals surface area contributed by atoms with E-state index in [0.717, 1.165) is 12.4 Å². The Morgan fingerprint density at radius 2 is 1.77 bits per heavy atom. The molecule has 176 valence electrons. The molecule has 0 aliphatic carbocycles. The van der Waals surface area contributed by atoms with Gasteiger partial charge in [-0.3, -0.25) is 9.78 Å². The monoisotopic (exact) mass is 482 g/mol. The maximum atomic E-state index is 14.2. The lowest BCUT2D eigenvalue weighted by molar-refractivity contribution is -0.143. The molecule has 0 aliphatic heterocycles. The van der Waals surface area contributed by atoms with Crippen LogP contribution in [0.25, 0.3) is 22.3 Å². The van der Waals surface area contributed by atoms with Gasteiger partial charge in [0, 0.05) is 17.0 Å². The fourth-order valence-electron chi connectivity index (χ4n) is 3.65. The highest BCUT2D eigenvalue weighted by Crippen LogP contribution is 2.35. The molecule has 0 fully saturated rings. The van der Waals surface area contributed by atoms with Gasteiger partial charge in [-0.1, -0.05) is 12.1 Å². The molecular formula is C22H14F4N8O. The molecule has 9 nitrogen and oxygen atoms in total. The molecule has 1 N–H and O–H groups in total. The number of benzene rings is 1. The Morgan fingerprint density at radius 3 is 2.49 bits per heavy atom. The predicted octanol–water partition coefficient (Wildman–Crippen LogP) is 4.11. The van der Waals surface area contributed by atoms with Crippen LogP contribution in [0.2, 0.25) is 0 Å². The van der Waals surface area contributed by atoms with Gasteiger partial charge < -0.3 is 5.32 Å². The molecule has 0 saturated carbocycles. The summed E-state index contributed by atoms with van der Waals surface area (Å²) >= 11 is 0. The maximum Gasteiger partial charge on any atom is 0.434 e. The predicted molar refractivity (Wildman–Crippen MR) is 116 cm³/mol. The summed E-state index contributed by atoms with van der Waals surface area (Å²) < 4.78 is 57.1. The van der Waals surface area contributed by atoms with Crippen LogP contribution >= 0.6 is 0 Å². The van der Waals surface area contributed by atoms with E-state index in [0.29, 0.717) is 16.1 Å². The third-order valence-electron chi connectivity index (χ3n) is 5.16. The Balaban J connectivity index is 1.54. The van der Waals surface area contributed by atoms with Crippen LogP contribution in [0.3, 0.4) is 0 Å². The van der Waals surface area contributed by atoms with Crippen LogP contribution in [0.4, 0.5) is 23.2 Å². The Kier molecular flexibility index (Phi) is 5.23. The summed E-state index contributed by atoms with van der Waals surface area (Å²) in [6.07, 6.45) is 2.39. The summed E-state index contributed by atoms with van der Waals surface area (Å²) in [5, 5.41) is 14.3. The zero-order chi connectivity index (χ0) is 24.7. The van der Waals surface area contributed by atoms with Gasteiger partial charge in [-0.15, -0.1) is 4.80 Å². The van der Waals surface area contributed by atoms with Crippen molar-refractivity contribution in [2.75, 3.05) is 5.32 Å². The number of aryl methyl sites for hydroxylation is 1. The lowest BCUT2D eigenvalue weighted by Gasteiger charge is -2.14. The molecule has 4 heterocycles. The summed E-state index contributed by atoms with van der Waals surface area (Å²) in [6.45, 7) is 1.69. The summed E-state index contributed by atoms with van der Waals surface area (Å²) in [5.41, 5.74) is -1.42. The fraction of sp³-hybridized carbons (Fsp3) is 0.0909. The Hall–Kier alpha value is -4.68. The molecule has 0 aliphatic rings. The minimum Gasteiger partial charge on any atom is -0.320 e. The fourth-order valence-corrected chi connectivity index (χ4v) is 3.65. The SMILES string of the molecule is Cc1cc(NC(=O)c2cnn(-c3cncc4c(F)cccc34)c2C(F)(F)F)cnc1-n1nccn1. The van der Waals surface area contributed by atoms with Gasteiger partial charge in [0.1, 0.15) is 5.82 Å². The van der Waals surface area contributed by atoms with E-state index in [2.05, 4.69) is 30.6 Å². The number of halogens is 4. The molecule has 0 unspecified atom stereocenters. The third kappa shape index (κ3) is 3.96. The minimum absolute atomic E-state index is 0.0212. The average molecular weight is 482 g/mol. The second-order valence-corrected chi connectivity index (χ2v) is 7.45. The average Bonchev–Trinajstić information content (AvgIpc) is 3.49. The Labute approximate surface area is 194 Å². The van der Waals surface area contributed by atoms with Gasteiger partial charge >= 0.3 is 6.18 Å². The quantitative estimate of drug-likeness (QED) is 0.387. The lowest BCUT2D eigenvalue weighted by atomic mass is 10.1. The van der Waals surface area contributed by atoms with Crippen molar-refractivity contribution in [3.63, 3.8) is 0 Å². The van der Waals surface area contributed by atoms with Crippen molar-refractivity contribution in [3.8, 4) is 11.5 Å². The Bertz CT molecular complexity index is 1560. The van der Waals surface area contributed by atoms with E-state index in [1.54, 1.807) is 6.92 Å². The van der Waals surface area contributed by atoms with Crippen molar-refractivity contribution in [2.45, 2.75) is 13.1 Å². The molecule has 0 saturated heterocycles. The zero-order valence-electron chi connectivity index (χ0n) is 17.8. The van der Waals surface area contributed by atoms with Crippen molar-refractivity contribution in [1.82, 2.24) is 34.7 Å². The first-order valence-electron chi connectivity index (χ1n) is 10.1. The van der Waals surface area contributed by atoms with Crippen LogP contribution in [-0.4, -0.2) is 40.6 Å². The number of amides is 1. The zero-order valence-corrected chi connectivity index (χ0v) is 17.8. The second kappa shape index (κ2) is 8.27. The molecule has 0 bridgehead atoms. The lowest BCUT2D eigenvalue weighted by Crippen LogP contribution is -2.21. The largest absolute Gasteiger partial charge is 0.434 e. The van der Waals surface area contributed by atoms with E-state index in [-0.39, 0.29) is 22.1 Å². The summed E-state index contributed by atoms with van der Waals surface area (Å²) in [7, 11) is 0. The molecule has 5 rings (SSSR count). The number of pyridine rings is 2. The number of hydrogen-bond acceptors (Lipinski definition) is 6. The molecule has 13 heteroatoms. The number of nitrogens with zero attached hydrogens (tertiary/aromatic N) is 7. The number of carbonyl (C=O) groups excluding carboxylic acids is 1. The van der Waals surface area contributed by atoms with Gasteiger partial charge in [-0.05, 0) is 24.6 Å². The first kappa shape index (κ1) is 22.1. The molecule has 0 atom stereocenters. The number of aromatic nitrogens is 7. The second-order valence-electron chi connectivity index (χ2n) is 7.45. The van der Waals surface area contributed by atoms with Crippen LogP contribution in [0, 0.1) is 12.7 Å². The van der Waals surface area contributed by atoms with Crippen LogP contribution in [0.5, 0.6) is 0 Å². The molecule has 0 radical (unpaired) electrons. The molecular weight excluding hydrogens is 468 g/mol. The number of hydrogen-bond donors (Lipinski definition) is 1.